The van der Waals surface area contributed by atoms with Crippen LogP contribution in [0, 0.1) is 0 Å². The van der Waals surface area contributed by atoms with Crippen LogP contribution in [0.4, 0.5) is 5.69 Å². The molecule has 166 valence electrons. The number of methoxy groups -OCH3 is 1. The molecule has 1 saturated heterocycles. The minimum atomic E-state index is -3.78. The van der Waals surface area contributed by atoms with E-state index in [0.29, 0.717) is 43.5 Å². The number of carbonyl (C=O) groups excluding carboxylic acids is 1. The molecule has 9 heteroatoms. The van der Waals surface area contributed by atoms with Gasteiger partial charge in [-0.2, -0.15) is 4.31 Å². The number of ether oxygens (including phenoxy) is 3. The number of hydrogen-bond donors (Lipinski definition) is 1. The summed E-state index contributed by atoms with van der Waals surface area (Å²) in [7, 11) is -2.35. The lowest BCUT2D eigenvalue weighted by molar-refractivity contribution is 0.102. The highest BCUT2D eigenvalue weighted by atomic mass is 32.2. The van der Waals surface area contributed by atoms with Crippen molar-refractivity contribution in [3.05, 3.63) is 42.0 Å². The highest BCUT2D eigenvalue weighted by Crippen LogP contribution is 2.33. The van der Waals surface area contributed by atoms with Crippen molar-refractivity contribution >= 4 is 21.6 Å². The Morgan fingerprint density at radius 2 is 1.68 bits per heavy atom. The third kappa shape index (κ3) is 4.62. The van der Waals surface area contributed by atoms with Gasteiger partial charge in [0.25, 0.3) is 5.91 Å². The summed E-state index contributed by atoms with van der Waals surface area (Å²) in [4.78, 5) is 12.9. The number of nitrogens with zero attached hydrogens (tertiary/aromatic N) is 1. The second kappa shape index (κ2) is 9.15. The van der Waals surface area contributed by atoms with Gasteiger partial charge in [-0.25, -0.2) is 8.42 Å². The normalized spacial score (nSPS) is 16.9. The van der Waals surface area contributed by atoms with Gasteiger partial charge in [0.2, 0.25) is 10.0 Å². The predicted molar refractivity (Wildman–Crippen MR) is 116 cm³/mol. The van der Waals surface area contributed by atoms with Crippen molar-refractivity contribution in [2.45, 2.75) is 30.6 Å². The lowest BCUT2D eigenvalue weighted by Crippen LogP contribution is -2.32. The van der Waals surface area contributed by atoms with Crippen molar-refractivity contribution in [3.8, 4) is 17.2 Å². The maximum Gasteiger partial charge on any atom is 0.255 e. The summed E-state index contributed by atoms with van der Waals surface area (Å²) in [6.07, 6.45) is 3.68. The number of hydrogen-bond acceptors (Lipinski definition) is 6. The van der Waals surface area contributed by atoms with Crippen LogP contribution in [-0.2, 0) is 10.0 Å². The number of amides is 1. The van der Waals surface area contributed by atoms with Gasteiger partial charge in [-0.1, -0.05) is 12.8 Å². The fraction of sp³-hybridized carbons (Fsp3) is 0.409. The second-order valence-electron chi connectivity index (χ2n) is 7.50. The monoisotopic (exact) mass is 446 g/mol. The van der Waals surface area contributed by atoms with Crippen LogP contribution in [0.5, 0.6) is 17.2 Å². The fourth-order valence-corrected chi connectivity index (χ4v) is 5.46. The molecule has 0 saturated carbocycles. The van der Waals surface area contributed by atoms with Gasteiger partial charge >= 0.3 is 0 Å². The molecule has 1 N–H and O–H groups in total. The molecule has 0 spiro atoms. The maximum absolute atomic E-state index is 13.3. The predicted octanol–water partition coefficient (Wildman–Crippen LogP) is 3.28. The van der Waals surface area contributed by atoms with E-state index in [1.165, 1.54) is 23.5 Å². The minimum Gasteiger partial charge on any atom is -0.495 e. The Morgan fingerprint density at radius 3 is 2.39 bits per heavy atom. The van der Waals surface area contributed by atoms with Crippen molar-refractivity contribution < 1.29 is 27.4 Å². The first-order chi connectivity index (χ1) is 15.0. The van der Waals surface area contributed by atoms with Crippen LogP contribution in [0.25, 0.3) is 0 Å². The Hall–Kier alpha value is -2.78. The van der Waals surface area contributed by atoms with E-state index >= 15 is 0 Å². The summed E-state index contributed by atoms with van der Waals surface area (Å²) in [5.74, 6) is 0.981. The standard InChI is InChI=1S/C22H26N2O6S/c1-28-19-8-6-16(14-21(19)31(26,27)24-10-4-2-3-5-11-24)22(25)23-17-7-9-18-20(15-17)30-13-12-29-18/h6-9,14-15H,2-5,10-13H2,1H3,(H,23,25). The van der Waals surface area contributed by atoms with Crippen molar-refractivity contribution in [3.63, 3.8) is 0 Å². The van der Waals surface area contributed by atoms with Crippen LogP contribution < -0.4 is 19.5 Å². The van der Waals surface area contributed by atoms with Gasteiger partial charge in [0.1, 0.15) is 23.9 Å². The zero-order chi connectivity index (χ0) is 21.8. The van der Waals surface area contributed by atoms with E-state index in [2.05, 4.69) is 5.32 Å². The molecular formula is C22H26N2O6S. The van der Waals surface area contributed by atoms with Gasteiger partial charge in [0.05, 0.1) is 7.11 Å². The first kappa shape index (κ1) is 21.5. The van der Waals surface area contributed by atoms with Crippen LogP contribution in [0.15, 0.2) is 41.3 Å². The highest BCUT2D eigenvalue weighted by Gasteiger charge is 2.29. The van der Waals surface area contributed by atoms with E-state index in [1.807, 2.05) is 0 Å². The lowest BCUT2D eigenvalue weighted by atomic mass is 10.2. The molecule has 8 nitrogen and oxygen atoms in total. The quantitative estimate of drug-likeness (QED) is 0.758. The van der Waals surface area contributed by atoms with E-state index in [9.17, 15) is 13.2 Å². The molecule has 2 aliphatic heterocycles. The maximum atomic E-state index is 13.3. The average molecular weight is 447 g/mol. The summed E-state index contributed by atoms with van der Waals surface area (Å²) >= 11 is 0. The van der Waals surface area contributed by atoms with Gasteiger partial charge in [-0.15, -0.1) is 0 Å². The van der Waals surface area contributed by atoms with Crippen LogP contribution in [0.1, 0.15) is 36.0 Å². The first-order valence-electron chi connectivity index (χ1n) is 10.4. The molecule has 0 aliphatic carbocycles. The zero-order valence-electron chi connectivity index (χ0n) is 17.4. The van der Waals surface area contributed by atoms with Crippen LogP contribution in [-0.4, -0.2) is 52.0 Å². The Labute approximate surface area is 182 Å². The minimum absolute atomic E-state index is 0.00623. The van der Waals surface area contributed by atoms with Crippen molar-refractivity contribution in [1.82, 2.24) is 4.31 Å². The Morgan fingerprint density at radius 1 is 0.968 bits per heavy atom. The number of benzene rings is 2. The molecule has 2 aromatic rings. The Bertz CT molecular complexity index is 1060. The fourth-order valence-electron chi connectivity index (χ4n) is 3.77. The molecule has 2 aliphatic rings. The largest absolute Gasteiger partial charge is 0.495 e. The lowest BCUT2D eigenvalue weighted by Gasteiger charge is -2.22. The highest BCUT2D eigenvalue weighted by molar-refractivity contribution is 7.89. The number of carbonyl (C=O) groups is 1. The molecule has 0 radical (unpaired) electrons. The molecule has 0 aromatic heterocycles. The van der Waals surface area contributed by atoms with Crippen LogP contribution in [0.3, 0.4) is 0 Å². The molecule has 0 unspecified atom stereocenters. The summed E-state index contributed by atoms with van der Waals surface area (Å²) < 4.78 is 44.4. The third-order valence-corrected chi connectivity index (χ3v) is 7.33. The number of anilines is 1. The summed E-state index contributed by atoms with van der Waals surface area (Å²) in [5.41, 5.74) is 0.756. The molecule has 0 atom stereocenters. The number of nitrogens with one attached hydrogen (secondary N) is 1. The average Bonchev–Trinajstić information content (AvgIpc) is 3.09. The van der Waals surface area contributed by atoms with Gasteiger partial charge in [0.15, 0.2) is 11.5 Å². The van der Waals surface area contributed by atoms with E-state index in [4.69, 9.17) is 14.2 Å². The van der Waals surface area contributed by atoms with E-state index in [1.54, 1.807) is 24.3 Å². The molecular weight excluding hydrogens is 420 g/mol. The topological polar surface area (TPSA) is 94.2 Å². The third-order valence-electron chi connectivity index (χ3n) is 5.41. The van der Waals surface area contributed by atoms with Gasteiger partial charge < -0.3 is 19.5 Å². The SMILES string of the molecule is COc1ccc(C(=O)Nc2ccc3c(c2)OCCO3)cc1S(=O)(=O)N1CCCCCC1. The second-order valence-corrected chi connectivity index (χ2v) is 9.40. The Kier molecular flexibility index (Phi) is 6.33. The first-order valence-corrected chi connectivity index (χ1v) is 11.8. The zero-order valence-corrected chi connectivity index (χ0v) is 18.2. The van der Waals surface area contributed by atoms with Crippen molar-refractivity contribution in [1.29, 1.82) is 0 Å². The van der Waals surface area contributed by atoms with Crippen LogP contribution >= 0.6 is 0 Å². The molecule has 1 amide bonds. The van der Waals surface area contributed by atoms with Gasteiger partial charge in [-0.05, 0) is 43.2 Å². The van der Waals surface area contributed by atoms with Gasteiger partial charge in [-0.3, -0.25) is 4.79 Å². The number of rotatable bonds is 5. The summed E-state index contributed by atoms with van der Waals surface area (Å²) in [6, 6.07) is 9.57. The van der Waals surface area contributed by atoms with Crippen LogP contribution in [0.2, 0.25) is 0 Å². The van der Waals surface area contributed by atoms with Gasteiger partial charge in [0, 0.05) is 30.4 Å². The van der Waals surface area contributed by atoms with Crippen molar-refractivity contribution in [2.75, 3.05) is 38.7 Å². The molecule has 2 aromatic carbocycles. The molecule has 0 bridgehead atoms. The van der Waals surface area contributed by atoms with E-state index < -0.39 is 15.9 Å². The Balaban J connectivity index is 1.60. The summed E-state index contributed by atoms with van der Waals surface area (Å²) in [6.45, 7) is 1.87. The molecule has 2 heterocycles. The summed E-state index contributed by atoms with van der Waals surface area (Å²) in [5, 5.41) is 2.79. The number of fused-ring (bicyclic) bond motifs is 1. The molecule has 1 fully saturated rings. The van der Waals surface area contributed by atoms with E-state index in [-0.39, 0.29) is 16.2 Å². The smallest absolute Gasteiger partial charge is 0.255 e. The van der Waals surface area contributed by atoms with Crippen molar-refractivity contribution in [2.24, 2.45) is 0 Å². The number of sulfonamides is 1. The molecule has 4 rings (SSSR count). The molecule has 31 heavy (non-hydrogen) atoms. The van der Waals surface area contributed by atoms with E-state index in [0.717, 1.165) is 25.7 Å².